The molecular formula is C11H9N3. The Labute approximate surface area is 82.2 Å². The van der Waals surface area contributed by atoms with Gasteiger partial charge >= 0.3 is 0 Å². The molecule has 0 fully saturated rings. The van der Waals surface area contributed by atoms with Crippen molar-refractivity contribution in [2.75, 3.05) is 0 Å². The molecule has 3 nitrogen and oxygen atoms in total. The fourth-order valence-electron chi connectivity index (χ4n) is 1.02. The van der Waals surface area contributed by atoms with Crippen LogP contribution in [0.25, 0.3) is 0 Å². The molecule has 0 amide bonds. The van der Waals surface area contributed by atoms with Crippen molar-refractivity contribution in [3.8, 4) is 0 Å². The lowest BCUT2D eigenvalue weighted by molar-refractivity contribution is 1.15. The molecule has 0 saturated heterocycles. The minimum absolute atomic E-state index is 0.622. The van der Waals surface area contributed by atoms with Gasteiger partial charge in [0.15, 0.2) is 5.82 Å². The molecule has 3 heteroatoms. The second kappa shape index (κ2) is 4.28. The molecule has 0 aliphatic rings. The van der Waals surface area contributed by atoms with Crippen LogP contribution in [-0.2, 0) is 0 Å². The quantitative estimate of drug-likeness (QED) is 0.656. The molecule has 0 N–H and O–H groups in total. The number of nitrogens with zero attached hydrogens (tertiary/aromatic N) is 3. The van der Waals surface area contributed by atoms with E-state index in [2.05, 4.69) is 15.2 Å². The first-order valence-corrected chi connectivity index (χ1v) is 4.33. The molecule has 14 heavy (non-hydrogen) atoms. The van der Waals surface area contributed by atoms with E-state index in [9.17, 15) is 0 Å². The fraction of sp³-hybridized carbons (Fsp3) is 0. The van der Waals surface area contributed by atoms with E-state index in [1.165, 1.54) is 0 Å². The third-order valence-electron chi connectivity index (χ3n) is 1.67. The highest BCUT2D eigenvalue weighted by atomic mass is 15.1. The molecule has 0 atom stereocenters. The zero-order valence-corrected chi connectivity index (χ0v) is 7.54. The van der Waals surface area contributed by atoms with Gasteiger partial charge in [-0.2, -0.15) is 0 Å². The van der Waals surface area contributed by atoms with E-state index in [1.807, 2.05) is 48.5 Å². The van der Waals surface area contributed by atoms with E-state index in [4.69, 9.17) is 0 Å². The molecule has 1 aromatic carbocycles. The van der Waals surface area contributed by atoms with Gasteiger partial charge in [0.1, 0.15) is 0 Å². The molecule has 2 rings (SSSR count). The van der Waals surface area contributed by atoms with Gasteiger partial charge in [0.25, 0.3) is 0 Å². The summed E-state index contributed by atoms with van der Waals surface area (Å²) in [4.78, 5) is 4.03. The zero-order valence-electron chi connectivity index (χ0n) is 7.54. The number of hydrogen-bond acceptors (Lipinski definition) is 3. The standard InChI is InChI=1S/C11H9N3/c1-2-6-10(7-3-1)13-14-11-8-4-5-9-12-11/h1-9H. The minimum Gasteiger partial charge on any atom is -0.236 e. The molecular weight excluding hydrogens is 174 g/mol. The smallest absolute Gasteiger partial charge is 0.174 e. The van der Waals surface area contributed by atoms with E-state index in [0.717, 1.165) is 5.69 Å². The number of pyridine rings is 1. The summed E-state index contributed by atoms with van der Waals surface area (Å²) < 4.78 is 0. The van der Waals surface area contributed by atoms with E-state index in [-0.39, 0.29) is 0 Å². The lowest BCUT2D eigenvalue weighted by atomic mass is 10.3. The Hall–Kier alpha value is -2.03. The summed E-state index contributed by atoms with van der Waals surface area (Å²) >= 11 is 0. The molecule has 1 aromatic heterocycles. The van der Waals surface area contributed by atoms with Crippen LogP contribution in [0.2, 0.25) is 0 Å². The van der Waals surface area contributed by atoms with Crippen LogP contribution in [0.15, 0.2) is 65.0 Å². The predicted molar refractivity (Wildman–Crippen MR) is 54.9 cm³/mol. The Morgan fingerprint density at radius 1 is 0.786 bits per heavy atom. The summed E-state index contributed by atoms with van der Waals surface area (Å²) in [6.07, 6.45) is 1.69. The number of aromatic nitrogens is 1. The lowest BCUT2D eigenvalue weighted by Gasteiger charge is -1.90. The summed E-state index contributed by atoms with van der Waals surface area (Å²) in [5.74, 6) is 0.622. The molecule has 0 unspecified atom stereocenters. The topological polar surface area (TPSA) is 37.6 Å². The van der Waals surface area contributed by atoms with Gasteiger partial charge in [0, 0.05) is 6.20 Å². The first-order valence-electron chi connectivity index (χ1n) is 4.33. The maximum absolute atomic E-state index is 4.04. The summed E-state index contributed by atoms with van der Waals surface area (Å²) in [6, 6.07) is 15.1. The normalized spacial score (nSPS) is 10.6. The summed E-state index contributed by atoms with van der Waals surface area (Å²) in [7, 11) is 0. The number of hydrogen-bond donors (Lipinski definition) is 0. The van der Waals surface area contributed by atoms with E-state index < -0.39 is 0 Å². The second-order valence-corrected chi connectivity index (χ2v) is 2.72. The lowest BCUT2D eigenvalue weighted by Crippen LogP contribution is -1.68. The van der Waals surface area contributed by atoms with E-state index in [0.29, 0.717) is 5.82 Å². The maximum Gasteiger partial charge on any atom is 0.174 e. The Kier molecular flexibility index (Phi) is 2.62. The third-order valence-corrected chi connectivity index (χ3v) is 1.67. The number of azo groups is 1. The van der Waals surface area contributed by atoms with E-state index in [1.54, 1.807) is 6.20 Å². The van der Waals surface area contributed by atoms with Gasteiger partial charge in [-0.3, -0.25) is 0 Å². The van der Waals surface area contributed by atoms with Crippen molar-refractivity contribution in [2.24, 2.45) is 10.2 Å². The fourth-order valence-corrected chi connectivity index (χ4v) is 1.02. The van der Waals surface area contributed by atoms with E-state index >= 15 is 0 Å². The van der Waals surface area contributed by atoms with Gasteiger partial charge < -0.3 is 0 Å². The molecule has 0 bridgehead atoms. The molecule has 0 aliphatic heterocycles. The van der Waals surface area contributed by atoms with Crippen molar-refractivity contribution >= 4 is 11.5 Å². The first-order chi connectivity index (χ1) is 6.95. The molecule has 0 spiro atoms. The van der Waals surface area contributed by atoms with Gasteiger partial charge in [0.05, 0.1) is 5.69 Å². The average Bonchev–Trinajstić information content (AvgIpc) is 2.29. The minimum atomic E-state index is 0.622. The Bertz CT molecular complexity index is 368. The zero-order chi connectivity index (χ0) is 9.64. The summed E-state index contributed by atoms with van der Waals surface area (Å²) in [6.45, 7) is 0. The first kappa shape index (κ1) is 8.56. The largest absolute Gasteiger partial charge is 0.236 e. The molecule has 2 aromatic rings. The van der Waals surface area contributed by atoms with Crippen molar-refractivity contribution in [3.63, 3.8) is 0 Å². The Morgan fingerprint density at radius 3 is 2.29 bits per heavy atom. The van der Waals surface area contributed by atoms with Gasteiger partial charge in [-0.15, -0.1) is 10.2 Å². The maximum atomic E-state index is 4.04. The highest BCUT2D eigenvalue weighted by molar-refractivity contribution is 5.36. The molecule has 0 saturated carbocycles. The Balaban J connectivity index is 2.16. The molecule has 0 radical (unpaired) electrons. The van der Waals surface area contributed by atoms with Crippen molar-refractivity contribution in [1.29, 1.82) is 0 Å². The highest BCUT2D eigenvalue weighted by Gasteiger charge is 1.87. The van der Waals surface area contributed by atoms with Gasteiger partial charge in [-0.05, 0) is 24.3 Å². The SMILES string of the molecule is c1ccc(N=Nc2ccccn2)cc1. The van der Waals surface area contributed by atoms with Crippen LogP contribution in [0.5, 0.6) is 0 Å². The highest BCUT2D eigenvalue weighted by Crippen LogP contribution is 2.14. The van der Waals surface area contributed by atoms with Crippen LogP contribution in [-0.4, -0.2) is 4.98 Å². The average molecular weight is 183 g/mol. The van der Waals surface area contributed by atoms with Crippen molar-refractivity contribution in [1.82, 2.24) is 4.98 Å². The van der Waals surface area contributed by atoms with Crippen molar-refractivity contribution in [2.45, 2.75) is 0 Å². The Morgan fingerprint density at radius 2 is 1.57 bits per heavy atom. The summed E-state index contributed by atoms with van der Waals surface area (Å²) in [5, 5.41) is 8.03. The van der Waals surface area contributed by atoms with Crippen LogP contribution in [0.1, 0.15) is 0 Å². The van der Waals surface area contributed by atoms with Crippen molar-refractivity contribution < 1.29 is 0 Å². The van der Waals surface area contributed by atoms with Gasteiger partial charge in [-0.25, -0.2) is 4.98 Å². The van der Waals surface area contributed by atoms with Crippen LogP contribution in [0.3, 0.4) is 0 Å². The van der Waals surface area contributed by atoms with Gasteiger partial charge in [0.2, 0.25) is 0 Å². The molecule has 0 aliphatic carbocycles. The molecule has 68 valence electrons. The predicted octanol–water partition coefficient (Wildman–Crippen LogP) is 3.50. The third kappa shape index (κ3) is 2.23. The van der Waals surface area contributed by atoms with Gasteiger partial charge in [-0.1, -0.05) is 24.3 Å². The van der Waals surface area contributed by atoms with Crippen LogP contribution >= 0.6 is 0 Å². The van der Waals surface area contributed by atoms with Crippen LogP contribution in [0.4, 0.5) is 11.5 Å². The molecule has 1 heterocycles. The summed E-state index contributed by atoms with van der Waals surface area (Å²) in [5.41, 5.74) is 0.832. The number of benzene rings is 1. The van der Waals surface area contributed by atoms with Crippen LogP contribution in [0, 0.1) is 0 Å². The number of rotatable bonds is 2. The second-order valence-electron chi connectivity index (χ2n) is 2.72. The van der Waals surface area contributed by atoms with Crippen LogP contribution < -0.4 is 0 Å². The monoisotopic (exact) mass is 183 g/mol. The van der Waals surface area contributed by atoms with Crippen molar-refractivity contribution in [3.05, 3.63) is 54.7 Å².